The minimum Gasteiger partial charge on any atom is -0.454 e. The predicted octanol–water partition coefficient (Wildman–Crippen LogP) is 2.64. The van der Waals surface area contributed by atoms with Gasteiger partial charge in [0.2, 0.25) is 6.79 Å². The quantitative estimate of drug-likeness (QED) is 0.799. The summed E-state index contributed by atoms with van der Waals surface area (Å²) in [5.41, 5.74) is 0. The number of pyridine rings is 1. The molecular formula is C13H13ClN2O2. The standard InChI is InChI=1S/C13H13ClN2O2/c1-16(5-3-14)13-10-7-12-11(17-8-18-12)6-9(10)2-4-15-13/h2,4,6-7H,3,5,8H2,1H3. The molecular weight excluding hydrogens is 252 g/mol. The number of halogens is 1. The van der Waals surface area contributed by atoms with Crippen molar-refractivity contribution in [3.63, 3.8) is 0 Å². The number of hydrogen-bond acceptors (Lipinski definition) is 4. The van der Waals surface area contributed by atoms with Crippen LogP contribution in [-0.2, 0) is 0 Å². The first-order chi connectivity index (χ1) is 8.79. The van der Waals surface area contributed by atoms with Gasteiger partial charge in [0.05, 0.1) is 0 Å². The Kier molecular flexibility index (Phi) is 2.88. The molecule has 0 saturated carbocycles. The van der Waals surface area contributed by atoms with Crippen molar-refractivity contribution in [3.05, 3.63) is 24.4 Å². The lowest BCUT2D eigenvalue weighted by atomic mass is 10.1. The summed E-state index contributed by atoms with van der Waals surface area (Å²) >= 11 is 5.78. The van der Waals surface area contributed by atoms with E-state index in [0.29, 0.717) is 5.88 Å². The molecule has 1 aromatic heterocycles. The predicted molar refractivity (Wildman–Crippen MR) is 71.9 cm³/mol. The van der Waals surface area contributed by atoms with Crippen molar-refractivity contribution < 1.29 is 9.47 Å². The number of hydrogen-bond donors (Lipinski definition) is 0. The van der Waals surface area contributed by atoms with Crippen LogP contribution in [0.2, 0.25) is 0 Å². The van der Waals surface area contributed by atoms with Crippen molar-refractivity contribution >= 4 is 28.2 Å². The number of ether oxygens (including phenoxy) is 2. The lowest BCUT2D eigenvalue weighted by Gasteiger charge is -2.18. The van der Waals surface area contributed by atoms with Crippen molar-refractivity contribution in [2.45, 2.75) is 0 Å². The van der Waals surface area contributed by atoms with E-state index < -0.39 is 0 Å². The minimum absolute atomic E-state index is 0.284. The molecule has 0 bridgehead atoms. The maximum atomic E-state index is 5.78. The van der Waals surface area contributed by atoms with Crippen molar-refractivity contribution in [1.82, 2.24) is 4.98 Å². The van der Waals surface area contributed by atoms with Crippen LogP contribution in [-0.4, -0.2) is 31.2 Å². The molecule has 2 heterocycles. The van der Waals surface area contributed by atoms with E-state index in [-0.39, 0.29) is 6.79 Å². The van der Waals surface area contributed by atoms with Crippen LogP contribution in [0.1, 0.15) is 0 Å². The van der Waals surface area contributed by atoms with Gasteiger partial charge in [-0.05, 0) is 23.6 Å². The highest BCUT2D eigenvalue weighted by Crippen LogP contribution is 2.38. The molecule has 0 N–H and O–H groups in total. The SMILES string of the molecule is CN(CCCl)c1nccc2cc3c(cc12)OCO3. The van der Waals surface area contributed by atoms with E-state index in [1.807, 2.05) is 30.1 Å². The molecule has 5 heteroatoms. The van der Waals surface area contributed by atoms with Gasteiger partial charge in [0, 0.05) is 31.1 Å². The first-order valence-electron chi connectivity index (χ1n) is 5.75. The fraction of sp³-hybridized carbons (Fsp3) is 0.308. The van der Waals surface area contributed by atoms with Crippen LogP contribution >= 0.6 is 11.6 Å². The van der Waals surface area contributed by atoms with Gasteiger partial charge >= 0.3 is 0 Å². The number of alkyl halides is 1. The number of anilines is 1. The lowest BCUT2D eigenvalue weighted by molar-refractivity contribution is 0.174. The van der Waals surface area contributed by atoms with Gasteiger partial charge in [-0.25, -0.2) is 4.98 Å². The highest BCUT2D eigenvalue weighted by atomic mass is 35.5. The van der Waals surface area contributed by atoms with Crippen LogP contribution in [0.3, 0.4) is 0 Å². The van der Waals surface area contributed by atoms with E-state index in [0.717, 1.165) is 34.6 Å². The minimum atomic E-state index is 0.284. The highest BCUT2D eigenvalue weighted by Gasteiger charge is 2.16. The van der Waals surface area contributed by atoms with Gasteiger partial charge in [-0.1, -0.05) is 0 Å². The van der Waals surface area contributed by atoms with Crippen molar-refractivity contribution in [1.29, 1.82) is 0 Å². The summed E-state index contributed by atoms with van der Waals surface area (Å²) in [6, 6.07) is 5.93. The third kappa shape index (κ3) is 1.82. The molecule has 94 valence electrons. The van der Waals surface area contributed by atoms with Crippen molar-refractivity contribution in [2.75, 3.05) is 31.2 Å². The van der Waals surface area contributed by atoms with E-state index in [1.54, 1.807) is 6.20 Å². The third-order valence-electron chi connectivity index (χ3n) is 3.02. The van der Waals surface area contributed by atoms with Crippen LogP contribution < -0.4 is 14.4 Å². The molecule has 2 aromatic rings. The van der Waals surface area contributed by atoms with Crippen LogP contribution in [0.15, 0.2) is 24.4 Å². The van der Waals surface area contributed by atoms with Crippen LogP contribution in [0.5, 0.6) is 11.5 Å². The fourth-order valence-electron chi connectivity index (χ4n) is 2.08. The normalized spacial score (nSPS) is 13.0. The zero-order valence-corrected chi connectivity index (χ0v) is 10.8. The average molecular weight is 265 g/mol. The summed E-state index contributed by atoms with van der Waals surface area (Å²) in [5.74, 6) is 3.04. The Balaban J connectivity index is 2.15. The first kappa shape index (κ1) is 11.4. The van der Waals surface area contributed by atoms with Crippen molar-refractivity contribution in [3.8, 4) is 11.5 Å². The molecule has 4 nitrogen and oxygen atoms in total. The Hall–Kier alpha value is -1.68. The summed E-state index contributed by atoms with van der Waals surface area (Å²) in [6.07, 6.45) is 1.80. The number of rotatable bonds is 3. The summed E-state index contributed by atoms with van der Waals surface area (Å²) in [6.45, 7) is 1.04. The van der Waals surface area contributed by atoms with E-state index in [9.17, 15) is 0 Å². The molecule has 0 radical (unpaired) electrons. The summed E-state index contributed by atoms with van der Waals surface area (Å²) in [7, 11) is 1.98. The molecule has 0 saturated heterocycles. The summed E-state index contributed by atoms with van der Waals surface area (Å²) in [5, 5.41) is 2.14. The third-order valence-corrected chi connectivity index (χ3v) is 3.19. The number of fused-ring (bicyclic) bond motifs is 2. The summed E-state index contributed by atoms with van der Waals surface area (Å²) in [4.78, 5) is 6.46. The molecule has 1 aromatic carbocycles. The van der Waals surface area contributed by atoms with Gasteiger partial charge in [0.15, 0.2) is 11.5 Å². The Labute approximate surface area is 110 Å². The van der Waals surface area contributed by atoms with E-state index in [2.05, 4.69) is 4.98 Å². The molecule has 0 fully saturated rings. The van der Waals surface area contributed by atoms with E-state index in [4.69, 9.17) is 21.1 Å². The maximum Gasteiger partial charge on any atom is 0.231 e. The number of nitrogens with zero attached hydrogens (tertiary/aromatic N) is 2. The largest absolute Gasteiger partial charge is 0.454 e. The maximum absolute atomic E-state index is 5.78. The molecule has 3 rings (SSSR count). The molecule has 1 aliphatic rings. The smallest absolute Gasteiger partial charge is 0.231 e. The number of benzene rings is 1. The number of aromatic nitrogens is 1. The average Bonchev–Trinajstić information content (AvgIpc) is 2.82. The van der Waals surface area contributed by atoms with Crippen LogP contribution in [0, 0.1) is 0 Å². The van der Waals surface area contributed by atoms with Gasteiger partial charge in [0.1, 0.15) is 5.82 Å². The van der Waals surface area contributed by atoms with Crippen LogP contribution in [0.4, 0.5) is 5.82 Å². The topological polar surface area (TPSA) is 34.6 Å². The fourth-order valence-corrected chi connectivity index (χ4v) is 2.34. The molecule has 18 heavy (non-hydrogen) atoms. The van der Waals surface area contributed by atoms with Gasteiger partial charge in [-0.15, -0.1) is 11.6 Å². The highest BCUT2D eigenvalue weighted by molar-refractivity contribution is 6.18. The molecule has 0 aliphatic carbocycles. The summed E-state index contributed by atoms with van der Waals surface area (Å²) < 4.78 is 10.8. The van der Waals surface area contributed by atoms with Crippen molar-refractivity contribution in [2.24, 2.45) is 0 Å². The Morgan fingerprint density at radius 1 is 1.33 bits per heavy atom. The Morgan fingerprint density at radius 3 is 2.89 bits per heavy atom. The van der Waals surface area contributed by atoms with Gasteiger partial charge in [-0.3, -0.25) is 0 Å². The molecule has 0 unspecified atom stereocenters. The second-order valence-electron chi connectivity index (χ2n) is 4.17. The Bertz CT molecular complexity index is 588. The van der Waals surface area contributed by atoms with E-state index in [1.165, 1.54) is 0 Å². The lowest BCUT2D eigenvalue weighted by Crippen LogP contribution is -2.20. The van der Waals surface area contributed by atoms with E-state index >= 15 is 0 Å². The monoisotopic (exact) mass is 264 g/mol. The molecule has 0 spiro atoms. The zero-order chi connectivity index (χ0) is 12.5. The first-order valence-corrected chi connectivity index (χ1v) is 6.28. The second kappa shape index (κ2) is 4.53. The van der Waals surface area contributed by atoms with Crippen LogP contribution in [0.25, 0.3) is 10.8 Å². The molecule has 1 aliphatic heterocycles. The van der Waals surface area contributed by atoms with Gasteiger partial charge in [-0.2, -0.15) is 0 Å². The van der Waals surface area contributed by atoms with Gasteiger partial charge in [0.25, 0.3) is 0 Å². The Morgan fingerprint density at radius 2 is 2.11 bits per heavy atom. The zero-order valence-electron chi connectivity index (χ0n) is 10.0. The molecule has 0 atom stereocenters. The second-order valence-corrected chi connectivity index (χ2v) is 4.55. The molecule has 0 amide bonds. The van der Waals surface area contributed by atoms with Gasteiger partial charge < -0.3 is 14.4 Å².